The number of aryl methyl sites for hydroxylation is 1. The summed E-state index contributed by atoms with van der Waals surface area (Å²) in [5.74, 6) is 0. The standard InChI is InChI=1S/C16H27NO/c1-6-16(5,18-8-3)15(17-7-2)14-11-9-10-13(4)12-14/h9-12,15,17H,6-8H2,1-5H3. The second-order valence-corrected chi connectivity index (χ2v) is 5.00. The predicted octanol–water partition coefficient (Wildman–Crippen LogP) is 3.85. The first-order chi connectivity index (χ1) is 8.57. The molecule has 1 N–H and O–H groups in total. The van der Waals surface area contributed by atoms with Crippen molar-refractivity contribution >= 4 is 0 Å². The van der Waals surface area contributed by atoms with Gasteiger partial charge in [0.05, 0.1) is 11.6 Å². The van der Waals surface area contributed by atoms with Gasteiger partial charge >= 0.3 is 0 Å². The minimum atomic E-state index is -0.154. The third-order valence-corrected chi connectivity index (χ3v) is 3.57. The minimum Gasteiger partial charge on any atom is -0.374 e. The highest BCUT2D eigenvalue weighted by atomic mass is 16.5. The number of nitrogens with one attached hydrogen (secondary N) is 1. The van der Waals surface area contributed by atoms with Crippen LogP contribution in [0.4, 0.5) is 0 Å². The van der Waals surface area contributed by atoms with Gasteiger partial charge in [-0.25, -0.2) is 0 Å². The minimum absolute atomic E-state index is 0.154. The molecule has 0 aliphatic heterocycles. The summed E-state index contributed by atoms with van der Waals surface area (Å²) in [6.07, 6.45) is 0.993. The van der Waals surface area contributed by atoms with Gasteiger partial charge in [0, 0.05) is 6.61 Å². The van der Waals surface area contributed by atoms with Crippen molar-refractivity contribution in [2.75, 3.05) is 13.2 Å². The molecule has 0 spiro atoms. The molecule has 0 aromatic heterocycles. The maximum absolute atomic E-state index is 6.03. The van der Waals surface area contributed by atoms with E-state index in [4.69, 9.17) is 4.74 Å². The Labute approximate surface area is 112 Å². The number of ether oxygens (including phenoxy) is 1. The number of benzene rings is 1. The van der Waals surface area contributed by atoms with Crippen LogP contribution in [0.25, 0.3) is 0 Å². The molecule has 0 saturated heterocycles. The van der Waals surface area contributed by atoms with Gasteiger partial charge in [-0.3, -0.25) is 0 Å². The summed E-state index contributed by atoms with van der Waals surface area (Å²) in [4.78, 5) is 0. The van der Waals surface area contributed by atoms with E-state index >= 15 is 0 Å². The summed E-state index contributed by atoms with van der Waals surface area (Å²) < 4.78 is 6.03. The molecule has 0 aliphatic rings. The van der Waals surface area contributed by atoms with Crippen molar-refractivity contribution in [2.24, 2.45) is 0 Å². The third kappa shape index (κ3) is 3.56. The fourth-order valence-corrected chi connectivity index (χ4v) is 2.46. The first-order valence-electron chi connectivity index (χ1n) is 7.01. The number of hydrogen-bond donors (Lipinski definition) is 1. The van der Waals surface area contributed by atoms with Crippen LogP contribution in [-0.4, -0.2) is 18.8 Å². The monoisotopic (exact) mass is 249 g/mol. The second kappa shape index (κ2) is 6.91. The quantitative estimate of drug-likeness (QED) is 0.792. The topological polar surface area (TPSA) is 21.3 Å². The molecule has 2 atom stereocenters. The van der Waals surface area contributed by atoms with Gasteiger partial charge in [-0.05, 0) is 39.3 Å². The molecule has 0 amide bonds. The van der Waals surface area contributed by atoms with E-state index in [9.17, 15) is 0 Å². The van der Waals surface area contributed by atoms with Crippen molar-refractivity contribution in [2.45, 2.75) is 52.7 Å². The lowest BCUT2D eigenvalue weighted by molar-refractivity contribution is -0.0560. The summed E-state index contributed by atoms with van der Waals surface area (Å²) >= 11 is 0. The Hall–Kier alpha value is -0.860. The fraction of sp³-hybridized carbons (Fsp3) is 0.625. The van der Waals surface area contributed by atoms with Crippen LogP contribution >= 0.6 is 0 Å². The summed E-state index contributed by atoms with van der Waals surface area (Å²) in [5.41, 5.74) is 2.46. The van der Waals surface area contributed by atoms with Crippen LogP contribution in [0, 0.1) is 6.92 Å². The van der Waals surface area contributed by atoms with E-state index < -0.39 is 0 Å². The van der Waals surface area contributed by atoms with Crippen LogP contribution in [0.2, 0.25) is 0 Å². The van der Waals surface area contributed by atoms with Gasteiger partial charge in [-0.2, -0.15) is 0 Å². The van der Waals surface area contributed by atoms with Gasteiger partial charge < -0.3 is 10.1 Å². The van der Waals surface area contributed by atoms with Crippen molar-refractivity contribution in [3.8, 4) is 0 Å². The molecule has 0 fully saturated rings. The largest absolute Gasteiger partial charge is 0.374 e. The molecule has 1 rings (SSSR count). The van der Waals surface area contributed by atoms with Crippen LogP contribution in [-0.2, 0) is 4.74 Å². The molecule has 0 radical (unpaired) electrons. The molecule has 0 bridgehead atoms. The second-order valence-electron chi connectivity index (χ2n) is 5.00. The van der Waals surface area contributed by atoms with Gasteiger partial charge in [-0.1, -0.05) is 43.7 Å². The van der Waals surface area contributed by atoms with Gasteiger partial charge in [0.25, 0.3) is 0 Å². The number of rotatable bonds is 7. The van der Waals surface area contributed by atoms with Crippen molar-refractivity contribution in [1.29, 1.82) is 0 Å². The summed E-state index contributed by atoms with van der Waals surface area (Å²) in [5, 5.41) is 3.58. The van der Waals surface area contributed by atoms with E-state index in [2.05, 4.69) is 64.2 Å². The van der Waals surface area contributed by atoms with E-state index in [0.717, 1.165) is 19.6 Å². The SMILES string of the molecule is CCNC(c1cccc(C)c1)C(C)(CC)OCC. The van der Waals surface area contributed by atoms with E-state index in [1.54, 1.807) is 0 Å². The Bertz CT molecular complexity index is 364. The van der Waals surface area contributed by atoms with Crippen molar-refractivity contribution in [3.05, 3.63) is 35.4 Å². The molecule has 2 nitrogen and oxygen atoms in total. The number of hydrogen-bond acceptors (Lipinski definition) is 2. The van der Waals surface area contributed by atoms with Crippen molar-refractivity contribution in [3.63, 3.8) is 0 Å². The van der Waals surface area contributed by atoms with Crippen LogP contribution in [0.15, 0.2) is 24.3 Å². The van der Waals surface area contributed by atoms with Crippen LogP contribution in [0.5, 0.6) is 0 Å². The van der Waals surface area contributed by atoms with Gasteiger partial charge in [-0.15, -0.1) is 0 Å². The van der Waals surface area contributed by atoms with Gasteiger partial charge in [0.2, 0.25) is 0 Å². The van der Waals surface area contributed by atoms with Crippen LogP contribution < -0.4 is 5.32 Å². The van der Waals surface area contributed by atoms with Crippen LogP contribution in [0.3, 0.4) is 0 Å². The van der Waals surface area contributed by atoms with E-state index in [1.165, 1.54) is 11.1 Å². The molecular weight excluding hydrogens is 222 g/mol. The fourth-order valence-electron chi connectivity index (χ4n) is 2.46. The Morgan fingerprint density at radius 1 is 1.28 bits per heavy atom. The highest BCUT2D eigenvalue weighted by Crippen LogP contribution is 2.32. The molecule has 2 heteroatoms. The Balaban J connectivity index is 3.07. The molecule has 0 heterocycles. The van der Waals surface area contributed by atoms with Crippen molar-refractivity contribution < 1.29 is 4.74 Å². The molecule has 1 aromatic rings. The van der Waals surface area contributed by atoms with Gasteiger partial charge in [0.1, 0.15) is 0 Å². The Morgan fingerprint density at radius 2 is 2.00 bits per heavy atom. The molecule has 1 aromatic carbocycles. The molecule has 18 heavy (non-hydrogen) atoms. The highest BCUT2D eigenvalue weighted by Gasteiger charge is 2.33. The Morgan fingerprint density at radius 3 is 2.50 bits per heavy atom. The third-order valence-electron chi connectivity index (χ3n) is 3.57. The molecule has 0 saturated carbocycles. The smallest absolute Gasteiger partial charge is 0.0845 e. The summed E-state index contributed by atoms with van der Waals surface area (Å²) in [6, 6.07) is 8.94. The molecule has 102 valence electrons. The first-order valence-corrected chi connectivity index (χ1v) is 7.01. The summed E-state index contributed by atoms with van der Waals surface area (Å²) in [7, 11) is 0. The zero-order valence-electron chi connectivity index (χ0n) is 12.4. The lowest BCUT2D eigenvalue weighted by atomic mass is 9.87. The molecule has 2 unspecified atom stereocenters. The lowest BCUT2D eigenvalue weighted by Gasteiger charge is -2.37. The maximum Gasteiger partial charge on any atom is 0.0845 e. The zero-order valence-corrected chi connectivity index (χ0v) is 12.4. The van der Waals surface area contributed by atoms with E-state index in [1.807, 2.05) is 0 Å². The average molecular weight is 249 g/mol. The maximum atomic E-state index is 6.03. The van der Waals surface area contributed by atoms with E-state index in [0.29, 0.717) is 0 Å². The average Bonchev–Trinajstić information content (AvgIpc) is 2.36. The zero-order chi connectivity index (χ0) is 13.6. The molecule has 0 aliphatic carbocycles. The van der Waals surface area contributed by atoms with E-state index in [-0.39, 0.29) is 11.6 Å². The normalized spacial score (nSPS) is 16.3. The summed E-state index contributed by atoms with van der Waals surface area (Å²) in [6.45, 7) is 12.4. The first kappa shape index (κ1) is 15.2. The molecular formula is C16H27NO. The lowest BCUT2D eigenvalue weighted by Crippen LogP contribution is -2.43. The Kier molecular flexibility index (Phi) is 5.83. The predicted molar refractivity (Wildman–Crippen MR) is 77.9 cm³/mol. The van der Waals surface area contributed by atoms with Crippen LogP contribution in [0.1, 0.15) is 51.3 Å². The highest BCUT2D eigenvalue weighted by molar-refractivity contribution is 5.27. The number of likely N-dealkylation sites (N-methyl/N-ethyl adjacent to an activating group) is 1. The van der Waals surface area contributed by atoms with Gasteiger partial charge in [0.15, 0.2) is 0 Å². The van der Waals surface area contributed by atoms with Crippen molar-refractivity contribution in [1.82, 2.24) is 5.32 Å².